The number of ether oxygens (including phenoxy) is 1. The molecule has 1 aliphatic carbocycles. The zero-order valence-corrected chi connectivity index (χ0v) is 11.2. The van der Waals surface area contributed by atoms with Gasteiger partial charge in [-0.3, -0.25) is 9.59 Å². The van der Waals surface area contributed by atoms with Gasteiger partial charge >= 0.3 is 5.97 Å². The third-order valence-electron chi connectivity index (χ3n) is 4.24. The first kappa shape index (κ1) is 13.3. The van der Waals surface area contributed by atoms with Crippen molar-refractivity contribution in [2.45, 2.75) is 39.2 Å². The number of carboxylic acid groups (broad SMARTS) is 1. The summed E-state index contributed by atoms with van der Waals surface area (Å²) < 4.78 is 5.38. The van der Waals surface area contributed by atoms with E-state index in [1.807, 2.05) is 20.8 Å². The van der Waals surface area contributed by atoms with Crippen molar-refractivity contribution < 1.29 is 19.4 Å². The Balaban J connectivity index is 1.99. The summed E-state index contributed by atoms with van der Waals surface area (Å²) in [7, 11) is 0. The molecule has 102 valence electrons. The molecule has 0 spiro atoms. The Labute approximate surface area is 107 Å². The molecule has 0 bridgehead atoms. The Bertz CT molecular complexity index is 371. The quantitative estimate of drug-likeness (QED) is 0.789. The van der Waals surface area contributed by atoms with Crippen LogP contribution in [0.1, 0.15) is 33.6 Å². The van der Waals surface area contributed by atoms with Gasteiger partial charge in [0.25, 0.3) is 0 Å². The number of carboxylic acids is 1. The minimum Gasteiger partial charge on any atom is -0.481 e. The molecule has 3 unspecified atom stereocenters. The number of hydrogen-bond donors (Lipinski definition) is 2. The van der Waals surface area contributed by atoms with Crippen LogP contribution in [0.3, 0.4) is 0 Å². The Hall–Kier alpha value is -1.10. The Morgan fingerprint density at radius 1 is 1.28 bits per heavy atom. The van der Waals surface area contributed by atoms with Crippen LogP contribution in [0.2, 0.25) is 0 Å². The summed E-state index contributed by atoms with van der Waals surface area (Å²) in [5.41, 5.74) is -0.793. The Morgan fingerprint density at radius 3 is 2.39 bits per heavy atom. The first-order chi connectivity index (χ1) is 8.28. The van der Waals surface area contributed by atoms with E-state index in [2.05, 4.69) is 5.32 Å². The van der Waals surface area contributed by atoms with Gasteiger partial charge in [0.05, 0.1) is 24.0 Å². The van der Waals surface area contributed by atoms with Gasteiger partial charge in [0, 0.05) is 6.61 Å². The van der Waals surface area contributed by atoms with Crippen molar-refractivity contribution in [3.8, 4) is 0 Å². The summed E-state index contributed by atoms with van der Waals surface area (Å²) in [6.07, 6.45) is 1.80. The molecule has 2 fully saturated rings. The van der Waals surface area contributed by atoms with Crippen LogP contribution >= 0.6 is 0 Å². The van der Waals surface area contributed by atoms with E-state index in [9.17, 15) is 9.59 Å². The van der Waals surface area contributed by atoms with Gasteiger partial charge in [-0.15, -0.1) is 0 Å². The average molecular weight is 255 g/mol. The van der Waals surface area contributed by atoms with Gasteiger partial charge < -0.3 is 15.2 Å². The molecule has 1 heterocycles. The van der Waals surface area contributed by atoms with Gasteiger partial charge in [0.2, 0.25) is 5.91 Å². The van der Waals surface area contributed by atoms with Crippen molar-refractivity contribution in [1.82, 2.24) is 5.32 Å². The number of aliphatic carboxylic acids is 1. The highest BCUT2D eigenvalue weighted by molar-refractivity contribution is 5.92. The maximum Gasteiger partial charge on any atom is 0.307 e. The molecular formula is C13H21NO4. The minimum atomic E-state index is -0.884. The number of rotatable bonds is 3. The van der Waals surface area contributed by atoms with E-state index in [4.69, 9.17) is 9.84 Å². The molecule has 3 atom stereocenters. The lowest BCUT2D eigenvalue weighted by Crippen LogP contribution is -2.52. The number of carbonyl (C=O) groups excluding carboxylic acids is 1. The topological polar surface area (TPSA) is 75.6 Å². The van der Waals surface area contributed by atoms with Crippen LogP contribution in [0.4, 0.5) is 0 Å². The lowest BCUT2D eigenvalue weighted by Gasteiger charge is -2.34. The van der Waals surface area contributed by atoms with E-state index >= 15 is 0 Å². The highest BCUT2D eigenvalue weighted by Gasteiger charge is 2.66. The van der Waals surface area contributed by atoms with Crippen LogP contribution in [0.15, 0.2) is 0 Å². The maximum absolute atomic E-state index is 12.2. The smallest absolute Gasteiger partial charge is 0.307 e. The van der Waals surface area contributed by atoms with Gasteiger partial charge in [-0.25, -0.2) is 0 Å². The maximum atomic E-state index is 12.2. The predicted octanol–water partition coefficient (Wildman–Crippen LogP) is 1.03. The molecule has 0 aromatic rings. The molecule has 0 aromatic heterocycles. The molecule has 1 saturated carbocycles. The first-order valence-electron chi connectivity index (χ1n) is 6.40. The molecule has 5 heteroatoms. The fourth-order valence-electron chi connectivity index (χ4n) is 3.00. The third kappa shape index (κ3) is 2.23. The first-order valence-corrected chi connectivity index (χ1v) is 6.40. The zero-order valence-electron chi connectivity index (χ0n) is 11.2. The molecule has 1 amide bonds. The van der Waals surface area contributed by atoms with Gasteiger partial charge in [0.15, 0.2) is 0 Å². The molecule has 0 radical (unpaired) electrons. The summed E-state index contributed by atoms with van der Waals surface area (Å²) in [5, 5.41) is 12.0. The van der Waals surface area contributed by atoms with Gasteiger partial charge in [-0.2, -0.15) is 0 Å². The van der Waals surface area contributed by atoms with Crippen LogP contribution in [0.25, 0.3) is 0 Å². The molecule has 2 rings (SSSR count). The van der Waals surface area contributed by atoms with Crippen LogP contribution in [-0.2, 0) is 14.3 Å². The van der Waals surface area contributed by atoms with Crippen molar-refractivity contribution in [2.24, 2.45) is 17.3 Å². The number of amides is 1. The Kier molecular flexibility index (Phi) is 3.13. The lowest BCUT2D eigenvalue weighted by atomic mass is 9.94. The van der Waals surface area contributed by atoms with Crippen molar-refractivity contribution in [2.75, 3.05) is 13.2 Å². The van der Waals surface area contributed by atoms with Gasteiger partial charge in [0.1, 0.15) is 0 Å². The molecular weight excluding hydrogens is 234 g/mol. The average Bonchev–Trinajstić information content (AvgIpc) is 2.82. The van der Waals surface area contributed by atoms with Crippen molar-refractivity contribution in [1.29, 1.82) is 0 Å². The monoisotopic (exact) mass is 255 g/mol. The van der Waals surface area contributed by atoms with E-state index in [1.165, 1.54) is 0 Å². The second kappa shape index (κ2) is 4.23. The van der Waals surface area contributed by atoms with E-state index in [-0.39, 0.29) is 11.4 Å². The van der Waals surface area contributed by atoms with E-state index in [0.29, 0.717) is 6.61 Å². The van der Waals surface area contributed by atoms with E-state index in [0.717, 1.165) is 19.4 Å². The van der Waals surface area contributed by atoms with Gasteiger partial charge in [-0.05, 0) is 25.2 Å². The summed E-state index contributed by atoms with van der Waals surface area (Å²) in [6, 6.07) is 0. The Morgan fingerprint density at radius 2 is 1.94 bits per heavy atom. The second-order valence-corrected chi connectivity index (χ2v) is 6.32. The molecule has 1 aliphatic heterocycles. The standard InChI is InChI=1S/C13H21NO4/c1-12(2)8(9(12)11(16)17)10(15)14-13(3)5-4-6-18-7-13/h8-9H,4-7H2,1-3H3,(H,14,15)(H,16,17). The van der Waals surface area contributed by atoms with Gasteiger partial charge in [-0.1, -0.05) is 13.8 Å². The van der Waals surface area contributed by atoms with Crippen molar-refractivity contribution in [3.05, 3.63) is 0 Å². The normalized spacial score (nSPS) is 37.9. The molecule has 2 N–H and O–H groups in total. The fourth-order valence-corrected chi connectivity index (χ4v) is 3.00. The van der Waals surface area contributed by atoms with Crippen LogP contribution in [-0.4, -0.2) is 35.7 Å². The summed E-state index contributed by atoms with van der Waals surface area (Å²) in [4.78, 5) is 23.2. The lowest BCUT2D eigenvalue weighted by molar-refractivity contribution is -0.140. The van der Waals surface area contributed by atoms with Crippen molar-refractivity contribution >= 4 is 11.9 Å². The SMILES string of the molecule is CC1(NC(=O)C2C(C(=O)O)C2(C)C)CCCOC1. The summed E-state index contributed by atoms with van der Waals surface area (Å²) in [5.74, 6) is -2.02. The van der Waals surface area contributed by atoms with E-state index in [1.54, 1.807) is 0 Å². The van der Waals surface area contributed by atoms with Crippen LogP contribution in [0.5, 0.6) is 0 Å². The number of hydrogen-bond acceptors (Lipinski definition) is 3. The van der Waals surface area contributed by atoms with Crippen molar-refractivity contribution in [3.63, 3.8) is 0 Å². The molecule has 0 aromatic carbocycles. The second-order valence-electron chi connectivity index (χ2n) is 6.32. The van der Waals surface area contributed by atoms with E-state index < -0.39 is 23.2 Å². The largest absolute Gasteiger partial charge is 0.481 e. The molecule has 1 saturated heterocycles. The third-order valence-corrected chi connectivity index (χ3v) is 4.24. The molecule has 2 aliphatic rings. The highest BCUT2D eigenvalue weighted by Crippen LogP contribution is 2.58. The molecule has 18 heavy (non-hydrogen) atoms. The summed E-state index contributed by atoms with van der Waals surface area (Å²) >= 11 is 0. The number of carbonyl (C=O) groups is 2. The summed E-state index contributed by atoms with van der Waals surface area (Å²) in [6.45, 7) is 6.85. The number of nitrogens with one attached hydrogen (secondary N) is 1. The van der Waals surface area contributed by atoms with Crippen LogP contribution < -0.4 is 5.32 Å². The predicted molar refractivity (Wildman–Crippen MR) is 65.0 cm³/mol. The van der Waals surface area contributed by atoms with Crippen LogP contribution in [0, 0.1) is 17.3 Å². The zero-order chi connectivity index (χ0) is 13.6. The minimum absolute atomic E-state index is 0.152. The fraction of sp³-hybridized carbons (Fsp3) is 0.846. The molecule has 5 nitrogen and oxygen atoms in total. The highest BCUT2D eigenvalue weighted by atomic mass is 16.5.